The highest BCUT2D eigenvalue weighted by atomic mass is 16.4. The molecule has 0 spiro atoms. The summed E-state index contributed by atoms with van der Waals surface area (Å²) in [5, 5.41) is 11.9. The van der Waals surface area contributed by atoms with E-state index in [0.717, 1.165) is 5.56 Å². The normalized spacial score (nSPS) is 19.4. The molecule has 1 fully saturated rings. The molecule has 1 aliphatic carbocycles. The molecule has 1 amide bonds. The fourth-order valence-corrected chi connectivity index (χ4v) is 2.95. The van der Waals surface area contributed by atoms with Gasteiger partial charge in [-0.15, -0.1) is 0 Å². The Hall–Kier alpha value is -1.84. The molecule has 0 unspecified atom stereocenters. The van der Waals surface area contributed by atoms with Crippen molar-refractivity contribution in [2.45, 2.75) is 34.6 Å². The molecule has 4 nitrogen and oxygen atoms in total. The van der Waals surface area contributed by atoms with Gasteiger partial charge in [-0.3, -0.25) is 4.79 Å². The summed E-state index contributed by atoms with van der Waals surface area (Å²) in [6.45, 7) is 10.2. The summed E-state index contributed by atoms with van der Waals surface area (Å²) in [4.78, 5) is 23.4. The van der Waals surface area contributed by atoms with Gasteiger partial charge in [0.2, 0.25) is 5.91 Å². The second-order valence-corrected chi connectivity index (χ2v) is 6.70. The lowest BCUT2D eigenvalue weighted by atomic mass is 10.0. The van der Waals surface area contributed by atoms with Gasteiger partial charge in [0.05, 0.1) is 5.56 Å². The van der Waals surface area contributed by atoms with Crippen LogP contribution in [0.3, 0.4) is 0 Å². The van der Waals surface area contributed by atoms with Crippen LogP contribution in [0.4, 0.5) is 5.69 Å². The molecule has 4 heteroatoms. The van der Waals surface area contributed by atoms with Gasteiger partial charge < -0.3 is 10.4 Å². The number of carbonyl (C=O) groups is 2. The fraction of sp³-hybridized carbons (Fsp3) is 0.500. The number of hydrogen-bond donors (Lipinski definition) is 2. The number of aryl methyl sites for hydroxylation is 1. The Kier molecular flexibility index (Phi) is 3.16. The summed E-state index contributed by atoms with van der Waals surface area (Å²) in [6, 6.07) is 4.76. The Labute approximate surface area is 119 Å². The third-order valence-corrected chi connectivity index (χ3v) is 5.03. The molecular weight excluding hydrogens is 254 g/mol. The second-order valence-electron chi connectivity index (χ2n) is 6.70. The first kappa shape index (κ1) is 14.6. The highest BCUT2D eigenvalue weighted by Crippen LogP contribution is 2.68. The standard InChI is InChI=1S/C16H21NO3/c1-9-6-7-10(14(19)20)8-11(9)17-13(18)12-15(2,3)16(12,4)5/h6-8,12H,1-5H3,(H,17,18)(H,19,20). The molecule has 108 valence electrons. The quantitative estimate of drug-likeness (QED) is 0.889. The van der Waals surface area contributed by atoms with Crippen molar-refractivity contribution in [3.8, 4) is 0 Å². The summed E-state index contributed by atoms with van der Waals surface area (Å²) >= 11 is 0. The van der Waals surface area contributed by atoms with Gasteiger partial charge in [0.1, 0.15) is 0 Å². The van der Waals surface area contributed by atoms with Crippen LogP contribution in [0, 0.1) is 23.7 Å². The molecular formula is C16H21NO3. The van der Waals surface area contributed by atoms with E-state index in [4.69, 9.17) is 5.11 Å². The van der Waals surface area contributed by atoms with Gasteiger partial charge in [0.25, 0.3) is 0 Å². The highest BCUT2D eigenvalue weighted by molar-refractivity contribution is 5.98. The molecule has 0 radical (unpaired) electrons. The third-order valence-electron chi connectivity index (χ3n) is 5.03. The summed E-state index contributed by atoms with van der Waals surface area (Å²) in [5.74, 6) is -1.08. The van der Waals surface area contributed by atoms with Gasteiger partial charge in [-0.05, 0) is 35.4 Å². The SMILES string of the molecule is Cc1ccc(C(=O)O)cc1NC(=O)C1C(C)(C)C1(C)C. The van der Waals surface area contributed by atoms with E-state index in [1.807, 2.05) is 6.92 Å². The van der Waals surface area contributed by atoms with Gasteiger partial charge in [-0.1, -0.05) is 33.8 Å². The van der Waals surface area contributed by atoms with Crippen LogP contribution < -0.4 is 5.32 Å². The van der Waals surface area contributed by atoms with Crippen molar-refractivity contribution in [1.29, 1.82) is 0 Å². The Morgan fingerprint density at radius 1 is 1.15 bits per heavy atom. The third kappa shape index (κ3) is 2.09. The maximum Gasteiger partial charge on any atom is 0.335 e. The lowest BCUT2D eigenvalue weighted by molar-refractivity contribution is -0.118. The van der Waals surface area contributed by atoms with Crippen molar-refractivity contribution in [1.82, 2.24) is 0 Å². The monoisotopic (exact) mass is 275 g/mol. The zero-order valence-electron chi connectivity index (χ0n) is 12.6. The smallest absolute Gasteiger partial charge is 0.335 e. The van der Waals surface area contributed by atoms with E-state index in [1.54, 1.807) is 12.1 Å². The Balaban J connectivity index is 2.21. The molecule has 2 rings (SSSR count). The Morgan fingerprint density at radius 3 is 2.15 bits per heavy atom. The van der Waals surface area contributed by atoms with Gasteiger partial charge >= 0.3 is 5.97 Å². The van der Waals surface area contributed by atoms with Gasteiger partial charge in [-0.2, -0.15) is 0 Å². The molecule has 0 atom stereocenters. The van der Waals surface area contributed by atoms with E-state index < -0.39 is 5.97 Å². The predicted octanol–water partition coefficient (Wildman–Crippen LogP) is 3.31. The molecule has 0 saturated heterocycles. The van der Waals surface area contributed by atoms with Crippen LogP contribution >= 0.6 is 0 Å². The van der Waals surface area contributed by atoms with E-state index >= 15 is 0 Å². The predicted molar refractivity (Wildman–Crippen MR) is 77.8 cm³/mol. The first-order valence-electron chi connectivity index (χ1n) is 6.74. The van der Waals surface area contributed by atoms with E-state index in [9.17, 15) is 9.59 Å². The number of carboxylic acid groups (broad SMARTS) is 1. The fourth-order valence-electron chi connectivity index (χ4n) is 2.95. The molecule has 0 heterocycles. The number of carboxylic acids is 1. The number of rotatable bonds is 3. The molecule has 1 aliphatic rings. The molecule has 0 aliphatic heterocycles. The van der Waals surface area contributed by atoms with E-state index in [-0.39, 0.29) is 28.2 Å². The van der Waals surface area contributed by atoms with Crippen LogP contribution in [0.2, 0.25) is 0 Å². The van der Waals surface area contributed by atoms with Crippen LogP contribution in [-0.2, 0) is 4.79 Å². The van der Waals surface area contributed by atoms with E-state index in [2.05, 4.69) is 33.0 Å². The maximum absolute atomic E-state index is 12.4. The zero-order valence-corrected chi connectivity index (χ0v) is 12.6. The van der Waals surface area contributed by atoms with Crippen LogP contribution in [0.25, 0.3) is 0 Å². The first-order chi connectivity index (χ1) is 9.09. The molecule has 20 heavy (non-hydrogen) atoms. The molecule has 0 bridgehead atoms. The lowest BCUT2D eigenvalue weighted by Gasteiger charge is -2.10. The van der Waals surface area contributed by atoms with Crippen LogP contribution in [0.15, 0.2) is 18.2 Å². The van der Waals surface area contributed by atoms with Crippen LogP contribution in [-0.4, -0.2) is 17.0 Å². The van der Waals surface area contributed by atoms with Crippen LogP contribution in [0.5, 0.6) is 0 Å². The van der Waals surface area contributed by atoms with Crippen molar-refractivity contribution in [3.63, 3.8) is 0 Å². The number of benzene rings is 1. The Morgan fingerprint density at radius 2 is 1.70 bits per heavy atom. The summed E-state index contributed by atoms with van der Waals surface area (Å²) < 4.78 is 0. The van der Waals surface area contributed by atoms with Crippen molar-refractivity contribution in [2.75, 3.05) is 5.32 Å². The number of hydrogen-bond acceptors (Lipinski definition) is 2. The topological polar surface area (TPSA) is 66.4 Å². The number of carbonyl (C=O) groups excluding carboxylic acids is 1. The van der Waals surface area contributed by atoms with Crippen LogP contribution in [0.1, 0.15) is 43.6 Å². The molecule has 1 aromatic carbocycles. The molecule has 2 N–H and O–H groups in total. The van der Waals surface area contributed by atoms with E-state index in [0.29, 0.717) is 5.69 Å². The molecule has 1 aromatic rings. The highest BCUT2D eigenvalue weighted by Gasteiger charge is 2.68. The van der Waals surface area contributed by atoms with Gasteiger partial charge in [0.15, 0.2) is 0 Å². The van der Waals surface area contributed by atoms with Crippen molar-refractivity contribution in [3.05, 3.63) is 29.3 Å². The van der Waals surface area contributed by atoms with Gasteiger partial charge in [0, 0.05) is 11.6 Å². The van der Waals surface area contributed by atoms with E-state index in [1.165, 1.54) is 6.07 Å². The summed E-state index contributed by atoms with van der Waals surface area (Å²) in [7, 11) is 0. The van der Waals surface area contributed by atoms with Crippen molar-refractivity contribution < 1.29 is 14.7 Å². The molecule has 0 aromatic heterocycles. The minimum atomic E-state index is -0.993. The number of amides is 1. The Bertz CT molecular complexity index is 573. The largest absolute Gasteiger partial charge is 0.478 e. The van der Waals surface area contributed by atoms with Gasteiger partial charge in [-0.25, -0.2) is 4.79 Å². The number of anilines is 1. The minimum absolute atomic E-state index is 0.0323. The summed E-state index contributed by atoms with van der Waals surface area (Å²) in [5.41, 5.74) is 1.55. The zero-order chi connectivity index (χ0) is 15.3. The van der Waals surface area contributed by atoms with Crippen molar-refractivity contribution in [2.24, 2.45) is 16.7 Å². The van der Waals surface area contributed by atoms with Crippen molar-refractivity contribution >= 4 is 17.6 Å². The maximum atomic E-state index is 12.4. The first-order valence-corrected chi connectivity index (χ1v) is 6.74. The number of aromatic carboxylic acids is 1. The minimum Gasteiger partial charge on any atom is -0.478 e. The average molecular weight is 275 g/mol. The summed E-state index contributed by atoms with van der Waals surface area (Å²) in [6.07, 6.45) is 0. The average Bonchev–Trinajstić information content (AvgIpc) is 2.72. The molecule has 1 saturated carbocycles. The lowest BCUT2D eigenvalue weighted by Crippen LogP contribution is -2.18. The second kappa shape index (κ2) is 4.33. The number of nitrogens with one attached hydrogen (secondary N) is 1.